The monoisotopic (exact) mass is 297 g/mol. The molecular formula is C12H19N5O2S. The van der Waals surface area contributed by atoms with Gasteiger partial charge in [0.25, 0.3) is 10.0 Å². The lowest BCUT2D eigenvalue weighted by atomic mass is 9.91. The molecule has 0 bridgehead atoms. The molecule has 7 nitrogen and oxygen atoms in total. The van der Waals surface area contributed by atoms with E-state index in [2.05, 4.69) is 25.7 Å². The number of likely N-dealkylation sites (tertiary alicyclic amines) is 1. The SMILES string of the molecule is CCc1ncc(S(=O)(=O)NC2(C#N)CCN(C)CC2)[nH]1. The highest BCUT2D eigenvalue weighted by Gasteiger charge is 2.38. The molecule has 0 saturated carbocycles. The number of nitriles is 1. The molecule has 1 aromatic rings. The molecule has 0 aliphatic carbocycles. The number of sulfonamides is 1. The first-order valence-corrected chi connectivity index (χ1v) is 8.07. The van der Waals surface area contributed by atoms with Crippen molar-refractivity contribution in [1.29, 1.82) is 5.26 Å². The van der Waals surface area contributed by atoms with E-state index in [1.165, 1.54) is 6.20 Å². The third kappa shape index (κ3) is 3.00. The lowest BCUT2D eigenvalue weighted by Crippen LogP contribution is -2.53. The Kier molecular flexibility index (Phi) is 4.13. The molecule has 110 valence electrons. The van der Waals surface area contributed by atoms with Crippen molar-refractivity contribution in [2.24, 2.45) is 0 Å². The van der Waals surface area contributed by atoms with Crippen LogP contribution in [0.25, 0.3) is 0 Å². The van der Waals surface area contributed by atoms with Crippen LogP contribution in [0.4, 0.5) is 0 Å². The predicted octanol–water partition coefficient (Wildman–Crippen LogP) is 0.238. The maximum atomic E-state index is 12.3. The fourth-order valence-electron chi connectivity index (χ4n) is 2.21. The molecule has 0 spiro atoms. The minimum absolute atomic E-state index is 0.0166. The van der Waals surface area contributed by atoms with Crippen molar-refractivity contribution in [1.82, 2.24) is 19.6 Å². The van der Waals surface area contributed by atoms with Crippen LogP contribution in [0, 0.1) is 11.3 Å². The number of H-pyrrole nitrogens is 1. The maximum Gasteiger partial charge on any atom is 0.259 e. The van der Waals surface area contributed by atoms with Crippen LogP contribution in [0.2, 0.25) is 0 Å². The topological polar surface area (TPSA) is 102 Å². The Bertz CT molecular complexity index is 608. The Morgan fingerprint density at radius 1 is 1.55 bits per heavy atom. The fraction of sp³-hybridized carbons (Fsp3) is 0.667. The molecule has 0 aromatic carbocycles. The van der Waals surface area contributed by atoms with Crippen LogP contribution >= 0.6 is 0 Å². The number of aromatic nitrogens is 2. The number of aryl methyl sites for hydroxylation is 1. The summed E-state index contributed by atoms with van der Waals surface area (Å²) in [6.45, 7) is 3.27. The largest absolute Gasteiger partial charge is 0.332 e. The molecule has 20 heavy (non-hydrogen) atoms. The van der Waals surface area contributed by atoms with Crippen molar-refractivity contribution in [2.75, 3.05) is 20.1 Å². The third-order valence-corrected chi connectivity index (χ3v) is 5.06. The zero-order valence-corrected chi connectivity index (χ0v) is 12.5. The number of nitrogens with one attached hydrogen (secondary N) is 2. The zero-order chi connectivity index (χ0) is 14.8. The van der Waals surface area contributed by atoms with Gasteiger partial charge in [0.1, 0.15) is 11.4 Å². The summed E-state index contributed by atoms with van der Waals surface area (Å²) < 4.78 is 27.2. The van der Waals surface area contributed by atoms with Gasteiger partial charge in [0.05, 0.1) is 12.3 Å². The van der Waals surface area contributed by atoms with Crippen molar-refractivity contribution < 1.29 is 8.42 Å². The van der Waals surface area contributed by atoms with E-state index in [0.717, 1.165) is 0 Å². The standard InChI is InChI=1S/C12H19N5O2S/c1-3-10-14-8-11(15-10)20(18,19)16-12(9-13)4-6-17(2)7-5-12/h8,16H,3-7H2,1-2H3,(H,14,15). The molecule has 0 atom stereocenters. The maximum absolute atomic E-state index is 12.3. The van der Waals surface area contributed by atoms with Gasteiger partial charge in [-0.2, -0.15) is 9.98 Å². The van der Waals surface area contributed by atoms with Gasteiger partial charge in [0.15, 0.2) is 5.03 Å². The van der Waals surface area contributed by atoms with E-state index in [1.54, 1.807) is 0 Å². The van der Waals surface area contributed by atoms with E-state index in [1.807, 2.05) is 14.0 Å². The molecule has 1 aliphatic heterocycles. The highest BCUT2D eigenvalue weighted by Crippen LogP contribution is 2.23. The minimum Gasteiger partial charge on any atom is -0.332 e. The lowest BCUT2D eigenvalue weighted by Gasteiger charge is -2.35. The molecular weight excluding hydrogens is 278 g/mol. The van der Waals surface area contributed by atoms with E-state index >= 15 is 0 Å². The van der Waals surface area contributed by atoms with Gasteiger partial charge < -0.3 is 9.88 Å². The van der Waals surface area contributed by atoms with Gasteiger partial charge in [0, 0.05) is 19.5 Å². The van der Waals surface area contributed by atoms with Gasteiger partial charge >= 0.3 is 0 Å². The zero-order valence-electron chi connectivity index (χ0n) is 11.7. The number of aromatic amines is 1. The van der Waals surface area contributed by atoms with Crippen LogP contribution in [-0.4, -0.2) is 49.0 Å². The van der Waals surface area contributed by atoms with E-state index in [0.29, 0.717) is 38.2 Å². The average Bonchev–Trinajstić information content (AvgIpc) is 2.91. The van der Waals surface area contributed by atoms with Gasteiger partial charge in [-0.1, -0.05) is 6.92 Å². The summed E-state index contributed by atoms with van der Waals surface area (Å²) in [6, 6.07) is 2.13. The number of hydrogen-bond acceptors (Lipinski definition) is 5. The van der Waals surface area contributed by atoms with E-state index in [9.17, 15) is 13.7 Å². The van der Waals surface area contributed by atoms with E-state index < -0.39 is 15.6 Å². The molecule has 2 N–H and O–H groups in total. The predicted molar refractivity (Wildman–Crippen MR) is 73.4 cm³/mol. The molecule has 1 saturated heterocycles. The average molecular weight is 297 g/mol. The summed E-state index contributed by atoms with van der Waals surface area (Å²) in [7, 11) is -1.79. The summed E-state index contributed by atoms with van der Waals surface area (Å²) in [5.41, 5.74) is -1.02. The van der Waals surface area contributed by atoms with Crippen LogP contribution in [-0.2, 0) is 16.4 Å². The highest BCUT2D eigenvalue weighted by molar-refractivity contribution is 7.89. The number of nitrogens with zero attached hydrogens (tertiary/aromatic N) is 3. The Labute approximate surface area is 119 Å². The number of rotatable bonds is 4. The summed E-state index contributed by atoms with van der Waals surface area (Å²) in [6.07, 6.45) is 2.88. The molecule has 2 heterocycles. The second-order valence-electron chi connectivity index (χ2n) is 5.15. The Morgan fingerprint density at radius 3 is 2.70 bits per heavy atom. The van der Waals surface area contributed by atoms with Gasteiger partial charge in [-0.15, -0.1) is 0 Å². The summed E-state index contributed by atoms with van der Waals surface area (Å²) in [4.78, 5) is 8.83. The van der Waals surface area contributed by atoms with Crippen molar-refractivity contribution in [3.05, 3.63) is 12.0 Å². The first-order chi connectivity index (χ1) is 9.41. The summed E-state index contributed by atoms with van der Waals surface area (Å²) >= 11 is 0. The Hall–Kier alpha value is -1.43. The normalized spacial score (nSPS) is 19.6. The second kappa shape index (κ2) is 5.52. The first-order valence-electron chi connectivity index (χ1n) is 6.58. The molecule has 0 unspecified atom stereocenters. The van der Waals surface area contributed by atoms with Crippen molar-refractivity contribution in [3.63, 3.8) is 0 Å². The van der Waals surface area contributed by atoms with Crippen molar-refractivity contribution in [2.45, 2.75) is 36.8 Å². The van der Waals surface area contributed by atoms with Crippen molar-refractivity contribution in [3.8, 4) is 6.07 Å². The summed E-state index contributed by atoms with van der Waals surface area (Å²) in [5, 5.41) is 9.38. The fourth-order valence-corrected chi connectivity index (χ4v) is 3.53. The molecule has 0 amide bonds. The van der Waals surface area contributed by atoms with Crippen LogP contribution in [0.1, 0.15) is 25.6 Å². The minimum atomic E-state index is -3.75. The van der Waals surface area contributed by atoms with Gasteiger partial charge in [-0.05, 0) is 19.9 Å². The van der Waals surface area contributed by atoms with Crippen LogP contribution in [0.5, 0.6) is 0 Å². The van der Waals surface area contributed by atoms with Crippen LogP contribution < -0.4 is 4.72 Å². The van der Waals surface area contributed by atoms with Gasteiger partial charge in [0.2, 0.25) is 0 Å². The number of imidazole rings is 1. The van der Waals surface area contributed by atoms with E-state index in [-0.39, 0.29) is 5.03 Å². The second-order valence-corrected chi connectivity index (χ2v) is 6.80. The Balaban J connectivity index is 2.20. The molecule has 1 fully saturated rings. The first kappa shape index (κ1) is 15.0. The summed E-state index contributed by atoms with van der Waals surface area (Å²) in [5.74, 6) is 0.611. The smallest absolute Gasteiger partial charge is 0.259 e. The number of piperidine rings is 1. The van der Waals surface area contributed by atoms with Gasteiger partial charge in [-0.25, -0.2) is 13.4 Å². The van der Waals surface area contributed by atoms with Crippen LogP contribution in [0.15, 0.2) is 11.2 Å². The Morgan fingerprint density at radius 2 is 2.20 bits per heavy atom. The third-order valence-electron chi connectivity index (χ3n) is 3.61. The van der Waals surface area contributed by atoms with Crippen molar-refractivity contribution >= 4 is 10.0 Å². The van der Waals surface area contributed by atoms with E-state index in [4.69, 9.17) is 0 Å². The van der Waals surface area contributed by atoms with Crippen LogP contribution in [0.3, 0.4) is 0 Å². The molecule has 1 aliphatic rings. The molecule has 8 heteroatoms. The van der Waals surface area contributed by atoms with Gasteiger partial charge in [-0.3, -0.25) is 0 Å². The molecule has 1 aromatic heterocycles. The molecule has 0 radical (unpaired) electrons. The molecule has 2 rings (SSSR count). The number of hydrogen-bond donors (Lipinski definition) is 2. The lowest BCUT2D eigenvalue weighted by molar-refractivity contribution is 0.213. The highest BCUT2D eigenvalue weighted by atomic mass is 32.2. The quantitative estimate of drug-likeness (QED) is 0.829.